The minimum atomic E-state index is -0.770. The van der Waals surface area contributed by atoms with Crippen molar-refractivity contribution >= 4 is 34.9 Å². The number of aromatic amines is 2. The number of rotatable bonds is 11. The third kappa shape index (κ3) is 8.52. The predicted octanol–water partition coefficient (Wildman–Crippen LogP) is 8.88. The highest BCUT2D eigenvalue weighted by Crippen LogP contribution is 2.54. The van der Waals surface area contributed by atoms with Crippen LogP contribution in [0.2, 0.25) is 0 Å². The summed E-state index contributed by atoms with van der Waals surface area (Å²) in [5.41, 5.74) is 13.0. The molecule has 70 heavy (non-hydrogen) atoms. The van der Waals surface area contributed by atoms with E-state index in [1.54, 1.807) is 4.90 Å². The molecule has 1 saturated carbocycles. The van der Waals surface area contributed by atoms with Crippen LogP contribution in [0.15, 0.2) is 53.5 Å². The first kappa shape index (κ1) is 47.2. The van der Waals surface area contributed by atoms with Gasteiger partial charge in [0.25, 0.3) is 5.56 Å². The zero-order valence-electron chi connectivity index (χ0n) is 41.3. The smallest absolute Gasteiger partial charge is 0.407 e. The summed E-state index contributed by atoms with van der Waals surface area (Å²) in [6.45, 7) is 8.71. The van der Waals surface area contributed by atoms with Crippen LogP contribution in [0.1, 0.15) is 131 Å². The molecule has 368 valence electrons. The molecule has 4 amide bonds. The maximum Gasteiger partial charge on any atom is 0.407 e. The second kappa shape index (κ2) is 19.0. The van der Waals surface area contributed by atoms with Gasteiger partial charge in [0.15, 0.2) is 0 Å². The Morgan fingerprint density at radius 1 is 0.671 bits per heavy atom. The Bertz CT molecular complexity index is 2930. The minimum absolute atomic E-state index is 0.113. The van der Waals surface area contributed by atoms with Crippen LogP contribution in [0.25, 0.3) is 44.4 Å². The van der Waals surface area contributed by atoms with Gasteiger partial charge in [0.2, 0.25) is 11.8 Å². The minimum Gasteiger partial charge on any atom is -0.453 e. The van der Waals surface area contributed by atoms with Crippen LogP contribution in [0.5, 0.6) is 0 Å². The maximum absolute atomic E-state index is 14.0. The molecule has 2 aromatic heterocycles. The molecular formula is C55H66N8O7. The maximum atomic E-state index is 14.0. The highest BCUT2D eigenvalue weighted by Gasteiger charge is 2.43. The second-order valence-corrected chi connectivity index (χ2v) is 21.1. The van der Waals surface area contributed by atoms with Crippen molar-refractivity contribution in [2.75, 3.05) is 27.3 Å². The number of aromatic nitrogens is 4. The van der Waals surface area contributed by atoms with Gasteiger partial charge >= 0.3 is 12.2 Å². The molecule has 15 nitrogen and oxygen atoms in total. The van der Waals surface area contributed by atoms with Crippen molar-refractivity contribution in [3.63, 3.8) is 0 Å². The molecule has 2 saturated heterocycles. The van der Waals surface area contributed by atoms with Crippen molar-refractivity contribution in [1.29, 1.82) is 0 Å². The number of H-pyrrole nitrogens is 2. The molecule has 4 atom stereocenters. The van der Waals surface area contributed by atoms with Crippen molar-refractivity contribution in [1.82, 2.24) is 40.4 Å². The number of hydrogen-bond acceptors (Lipinski definition) is 9. The molecule has 2 aliphatic heterocycles. The molecule has 0 unspecified atom stereocenters. The molecule has 0 bridgehead atoms. The standard InChI is InChI=1S/C55H66N8O7/c1-30(2)46(59-53(67)69-5)51(65)62-24-10-14-44(62)48-56-29-43(58-48)38-20-19-36(34-12-9-13-35(34)38)37-18-17-33(40-27-55(28-41(37)40)22-7-8-23-55)32-16-21-42-39(26-32)50(64)61-49(57-42)45-15-11-25-63(45)52(66)47(31(3)4)60-54(68)70-6/h16-21,26,29-31,44-47H,7-15,22-25,27-28H2,1-6H3,(H,56,58)(H,59,67)(H,60,68)(H,57,61,64)/t44-,45-,46-,47-/m0/s1. The molecule has 3 aliphatic carbocycles. The number of likely N-dealkylation sites (tertiary alicyclic amines) is 2. The zero-order valence-corrected chi connectivity index (χ0v) is 41.3. The first-order valence-electron chi connectivity index (χ1n) is 25.5. The summed E-state index contributed by atoms with van der Waals surface area (Å²) in [7, 11) is 2.58. The van der Waals surface area contributed by atoms with Crippen LogP contribution in [0, 0.1) is 17.3 Å². The first-order valence-corrected chi connectivity index (χ1v) is 25.5. The molecule has 3 fully saturated rings. The average molecular weight is 951 g/mol. The molecule has 5 aliphatic rings. The van der Waals surface area contributed by atoms with E-state index < -0.39 is 30.3 Å². The summed E-state index contributed by atoms with van der Waals surface area (Å²) < 4.78 is 9.64. The van der Waals surface area contributed by atoms with Crippen molar-refractivity contribution in [2.45, 2.75) is 135 Å². The largest absolute Gasteiger partial charge is 0.453 e. The van der Waals surface area contributed by atoms with Crippen LogP contribution in [0.3, 0.4) is 0 Å². The van der Waals surface area contributed by atoms with E-state index in [2.05, 4.69) is 50.9 Å². The number of ether oxygens (including phenoxy) is 2. The topological polar surface area (TPSA) is 192 Å². The van der Waals surface area contributed by atoms with Crippen LogP contribution in [-0.2, 0) is 44.7 Å². The molecule has 5 aromatic rings. The Kier molecular flexibility index (Phi) is 12.8. The highest BCUT2D eigenvalue weighted by atomic mass is 16.5. The lowest BCUT2D eigenvalue weighted by molar-refractivity contribution is -0.136. The number of benzene rings is 3. The molecular weight excluding hydrogens is 885 g/mol. The number of nitrogens with zero attached hydrogens (tertiary/aromatic N) is 4. The lowest BCUT2D eigenvalue weighted by Gasteiger charge is -2.30. The van der Waals surface area contributed by atoms with Gasteiger partial charge in [-0.05, 0) is 145 Å². The summed E-state index contributed by atoms with van der Waals surface area (Å²) in [4.78, 5) is 86.2. The second-order valence-electron chi connectivity index (χ2n) is 21.1. The number of methoxy groups -OCH3 is 2. The van der Waals surface area contributed by atoms with E-state index in [0.29, 0.717) is 36.2 Å². The van der Waals surface area contributed by atoms with E-state index in [1.807, 2.05) is 50.9 Å². The van der Waals surface area contributed by atoms with E-state index >= 15 is 0 Å². The van der Waals surface area contributed by atoms with Gasteiger partial charge in [0, 0.05) is 18.7 Å². The number of hydrogen-bond donors (Lipinski definition) is 4. The number of carbonyl (C=O) groups excluding carboxylic acids is 4. The van der Waals surface area contributed by atoms with E-state index in [9.17, 15) is 24.0 Å². The Balaban J connectivity index is 0.951. The van der Waals surface area contributed by atoms with Gasteiger partial charge in [-0.2, -0.15) is 0 Å². The Morgan fingerprint density at radius 3 is 1.81 bits per heavy atom. The SMILES string of the molecule is COC(=O)N[C@H](C(=O)N1CCC[C@H]1c1ncc(-c2ccc(-c3ccc(-c4ccc5nc([C@@H]6CCCN6C(=O)[C@@H](NC(=O)OC)C(C)C)[nH]c(=O)c5c4)c4c3CC3(CCCC3)C4)c3c2CCC3)[nH]1)C(C)C. The summed E-state index contributed by atoms with van der Waals surface area (Å²) in [5, 5.41) is 5.95. The van der Waals surface area contributed by atoms with E-state index in [0.717, 1.165) is 79.6 Å². The van der Waals surface area contributed by atoms with Gasteiger partial charge in [0.05, 0.1) is 49.1 Å². The first-order chi connectivity index (χ1) is 33.8. The fraction of sp³-hybridized carbons (Fsp3) is 0.509. The Labute approximate surface area is 408 Å². The zero-order chi connectivity index (χ0) is 49.0. The summed E-state index contributed by atoms with van der Waals surface area (Å²) in [6.07, 6.45) is 13.7. The molecule has 1 spiro atoms. The number of fused-ring (bicyclic) bond motifs is 3. The molecule has 10 rings (SSSR count). The lowest BCUT2D eigenvalue weighted by Crippen LogP contribution is -2.51. The fourth-order valence-electron chi connectivity index (χ4n) is 12.6. The van der Waals surface area contributed by atoms with Crippen LogP contribution in [-0.4, -0.2) is 93.1 Å². The third-order valence-electron chi connectivity index (χ3n) is 16.2. The van der Waals surface area contributed by atoms with Gasteiger partial charge in [-0.1, -0.05) is 70.9 Å². The van der Waals surface area contributed by atoms with Crippen molar-refractivity contribution in [3.8, 4) is 33.5 Å². The summed E-state index contributed by atoms with van der Waals surface area (Å²) in [5.74, 6) is 0.588. The van der Waals surface area contributed by atoms with Gasteiger partial charge in [-0.15, -0.1) is 0 Å². The fourth-order valence-corrected chi connectivity index (χ4v) is 12.6. The van der Waals surface area contributed by atoms with Gasteiger partial charge in [0.1, 0.15) is 23.7 Å². The van der Waals surface area contributed by atoms with Gasteiger partial charge < -0.3 is 39.9 Å². The third-order valence-corrected chi connectivity index (χ3v) is 16.2. The van der Waals surface area contributed by atoms with Gasteiger partial charge in [-0.3, -0.25) is 14.4 Å². The van der Waals surface area contributed by atoms with E-state index in [-0.39, 0.29) is 40.7 Å². The van der Waals surface area contributed by atoms with Gasteiger partial charge in [-0.25, -0.2) is 19.6 Å². The number of nitrogens with one attached hydrogen (secondary N) is 4. The molecule has 15 heteroatoms. The van der Waals surface area contributed by atoms with Crippen molar-refractivity contribution in [2.24, 2.45) is 17.3 Å². The molecule has 0 radical (unpaired) electrons. The van der Waals surface area contributed by atoms with Crippen molar-refractivity contribution < 1.29 is 28.7 Å². The number of imidazole rings is 1. The Hall–Kier alpha value is -6.51. The summed E-state index contributed by atoms with van der Waals surface area (Å²) in [6, 6.07) is 13.1. The number of carbonyl (C=O) groups is 4. The van der Waals surface area contributed by atoms with E-state index in [4.69, 9.17) is 19.4 Å². The normalized spacial score (nSPS) is 20.1. The highest BCUT2D eigenvalue weighted by molar-refractivity contribution is 5.89. The van der Waals surface area contributed by atoms with Crippen LogP contribution in [0.4, 0.5) is 9.59 Å². The number of alkyl carbamates (subject to hydrolysis) is 2. The van der Waals surface area contributed by atoms with E-state index in [1.165, 1.54) is 73.3 Å². The Morgan fingerprint density at radius 2 is 1.21 bits per heavy atom. The number of amides is 4. The average Bonchev–Trinajstić information content (AvgIpc) is 4.23. The van der Waals surface area contributed by atoms with Crippen LogP contribution >= 0.6 is 0 Å². The molecule has 4 N–H and O–H groups in total. The molecule has 3 aromatic carbocycles. The lowest BCUT2D eigenvalue weighted by atomic mass is 9.82. The van der Waals surface area contributed by atoms with Crippen LogP contribution < -0.4 is 16.2 Å². The monoisotopic (exact) mass is 951 g/mol. The quantitative estimate of drug-likeness (QED) is 0.100. The molecule has 4 heterocycles. The summed E-state index contributed by atoms with van der Waals surface area (Å²) >= 11 is 0. The van der Waals surface area contributed by atoms with Crippen molar-refractivity contribution in [3.05, 3.63) is 92.9 Å². The predicted molar refractivity (Wildman–Crippen MR) is 267 cm³/mol.